The molecular formula is C13H14N2OS. The second kappa shape index (κ2) is 5.10. The van der Waals surface area contributed by atoms with Crippen LogP contribution in [0.25, 0.3) is 6.08 Å². The zero-order chi connectivity index (χ0) is 12.3. The van der Waals surface area contributed by atoms with Gasteiger partial charge in [-0.2, -0.15) is 0 Å². The summed E-state index contributed by atoms with van der Waals surface area (Å²) < 4.78 is 7.03. The molecular weight excluding hydrogens is 232 g/mol. The van der Waals surface area contributed by atoms with Crippen LogP contribution in [-0.2, 0) is 6.61 Å². The van der Waals surface area contributed by atoms with E-state index in [1.54, 1.807) is 12.3 Å². The molecule has 1 aromatic heterocycles. The van der Waals surface area contributed by atoms with Crippen LogP contribution in [0.5, 0.6) is 5.88 Å². The monoisotopic (exact) mass is 246 g/mol. The number of hydrogen-bond acceptors (Lipinski definition) is 3. The first-order valence-corrected chi connectivity index (χ1v) is 5.69. The van der Waals surface area contributed by atoms with Gasteiger partial charge in [-0.25, -0.2) is 4.09 Å². The van der Waals surface area contributed by atoms with Gasteiger partial charge in [0.2, 0.25) is 5.88 Å². The van der Waals surface area contributed by atoms with Crippen molar-refractivity contribution in [3.63, 3.8) is 0 Å². The Kier molecular flexibility index (Phi) is 3.54. The number of benzene rings is 1. The summed E-state index contributed by atoms with van der Waals surface area (Å²) in [7, 11) is 0. The molecule has 0 N–H and O–H groups in total. The summed E-state index contributed by atoms with van der Waals surface area (Å²) in [5, 5.41) is 4.04. The average molecular weight is 246 g/mol. The molecule has 0 radical (unpaired) electrons. The van der Waals surface area contributed by atoms with Crippen LogP contribution in [0.4, 0.5) is 0 Å². The second-order valence-electron chi connectivity index (χ2n) is 3.71. The number of rotatable bonds is 4. The Balaban J connectivity index is 2.16. The highest BCUT2D eigenvalue weighted by atomic mass is 32.1. The van der Waals surface area contributed by atoms with E-state index in [9.17, 15) is 0 Å². The Labute approximate surface area is 106 Å². The summed E-state index contributed by atoms with van der Waals surface area (Å²) >= 11 is 4.05. The average Bonchev–Trinajstić information content (AvgIpc) is 2.73. The highest BCUT2D eigenvalue weighted by Crippen LogP contribution is 2.18. The minimum Gasteiger partial charge on any atom is -0.472 e. The number of aryl methyl sites for hydroxylation is 1. The molecule has 0 bridgehead atoms. The van der Waals surface area contributed by atoms with Gasteiger partial charge in [0.15, 0.2) is 0 Å². The summed E-state index contributed by atoms with van der Waals surface area (Å²) in [6.07, 6.45) is 3.56. The Bertz CT molecular complexity index is 534. The van der Waals surface area contributed by atoms with Crippen LogP contribution in [0.1, 0.15) is 16.7 Å². The van der Waals surface area contributed by atoms with Crippen molar-refractivity contribution in [1.82, 2.24) is 9.19 Å². The smallest absolute Gasteiger partial charge is 0.234 e. The van der Waals surface area contributed by atoms with E-state index >= 15 is 0 Å². The SMILES string of the molecule is C=Cc1cccc(C)c1COc1ccn(S)n1. The molecule has 1 aromatic carbocycles. The normalized spacial score (nSPS) is 10.2. The lowest BCUT2D eigenvalue weighted by Crippen LogP contribution is -2.01. The highest BCUT2D eigenvalue weighted by molar-refractivity contribution is 7.78. The Morgan fingerprint density at radius 3 is 2.94 bits per heavy atom. The Morgan fingerprint density at radius 2 is 2.29 bits per heavy atom. The van der Waals surface area contributed by atoms with Gasteiger partial charge in [-0.15, -0.1) is 5.10 Å². The van der Waals surface area contributed by atoms with E-state index < -0.39 is 0 Å². The van der Waals surface area contributed by atoms with Crippen LogP contribution in [0.2, 0.25) is 0 Å². The molecule has 2 aromatic rings. The molecule has 17 heavy (non-hydrogen) atoms. The van der Waals surface area contributed by atoms with Gasteiger partial charge < -0.3 is 4.74 Å². The van der Waals surface area contributed by atoms with Gasteiger partial charge in [0.05, 0.1) is 0 Å². The summed E-state index contributed by atoms with van der Waals surface area (Å²) in [5.41, 5.74) is 3.42. The van der Waals surface area contributed by atoms with Crippen molar-refractivity contribution in [3.8, 4) is 5.88 Å². The number of aromatic nitrogens is 2. The molecule has 88 valence electrons. The molecule has 0 aliphatic heterocycles. The van der Waals surface area contributed by atoms with E-state index in [2.05, 4.69) is 37.5 Å². The van der Waals surface area contributed by atoms with Crippen LogP contribution in [-0.4, -0.2) is 9.19 Å². The molecule has 0 saturated heterocycles. The predicted molar refractivity (Wildman–Crippen MR) is 72.2 cm³/mol. The third kappa shape index (κ3) is 2.71. The molecule has 4 heteroatoms. The van der Waals surface area contributed by atoms with Crippen molar-refractivity contribution in [2.45, 2.75) is 13.5 Å². The predicted octanol–water partition coefficient (Wildman–Crippen LogP) is 3.11. The lowest BCUT2D eigenvalue weighted by atomic mass is 10.0. The molecule has 0 amide bonds. The minimum atomic E-state index is 0.485. The molecule has 3 nitrogen and oxygen atoms in total. The second-order valence-corrected chi connectivity index (χ2v) is 4.12. The molecule has 1 heterocycles. The van der Waals surface area contributed by atoms with Gasteiger partial charge in [-0.3, -0.25) is 0 Å². The summed E-state index contributed by atoms with van der Waals surface area (Å²) in [6, 6.07) is 7.87. The molecule has 0 fully saturated rings. The fourth-order valence-electron chi connectivity index (χ4n) is 1.63. The number of ether oxygens (including phenoxy) is 1. The zero-order valence-corrected chi connectivity index (χ0v) is 10.5. The maximum absolute atomic E-state index is 5.61. The third-order valence-corrected chi connectivity index (χ3v) is 2.81. The van der Waals surface area contributed by atoms with Crippen molar-refractivity contribution in [1.29, 1.82) is 0 Å². The van der Waals surface area contributed by atoms with Gasteiger partial charge in [0, 0.05) is 12.3 Å². The number of thiol groups is 1. The Morgan fingerprint density at radius 1 is 1.47 bits per heavy atom. The fourth-order valence-corrected chi connectivity index (χ4v) is 1.79. The standard InChI is InChI=1S/C13H14N2OS/c1-3-11-6-4-5-10(2)12(11)9-16-13-7-8-15(17)14-13/h3-8,17H,1,9H2,2H3. The lowest BCUT2D eigenvalue weighted by molar-refractivity contribution is 0.292. The van der Waals surface area contributed by atoms with E-state index in [1.807, 2.05) is 18.2 Å². The maximum Gasteiger partial charge on any atom is 0.234 e. The number of nitrogens with zero attached hydrogens (tertiary/aromatic N) is 2. The van der Waals surface area contributed by atoms with Gasteiger partial charge in [-0.05, 0) is 36.4 Å². The van der Waals surface area contributed by atoms with Crippen LogP contribution >= 0.6 is 12.8 Å². The zero-order valence-electron chi connectivity index (χ0n) is 9.63. The fraction of sp³-hybridized carbons (Fsp3) is 0.154. The van der Waals surface area contributed by atoms with Crippen LogP contribution in [0, 0.1) is 6.92 Å². The van der Waals surface area contributed by atoms with Crippen LogP contribution in [0.3, 0.4) is 0 Å². The van der Waals surface area contributed by atoms with E-state index in [0.29, 0.717) is 12.5 Å². The molecule has 0 saturated carbocycles. The first-order valence-electron chi connectivity index (χ1n) is 5.29. The largest absolute Gasteiger partial charge is 0.472 e. The van der Waals surface area contributed by atoms with Crippen molar-refractivity contribution in [2.75, 3.05) is 0 Å². The molecule has 0 unspecified atom stereocenters. The quantitative estimate of drug-likeness (QED) is 0.839. The summed E-state index contributed by atoms with van der Waals surface area (Å²) in [4.78, 5) is 0. The molecule has 2 rings (SSSR count). The number of hydrogen-bond donors (Lipinski definition) is 1. The van der Waals surface area contributed by atoms with Crippen molar-refractivity contribution < 1.29 is 4.74 Å². The first kappa shape index (κ1) is 11.8. The van der Waals surface area contributed by atoms with Crippen molar-refractivity contribution >= 4 is 18.9 Å². The minimum absolute atomic E-state index is 0.485. The van der Waals surface area contributed by atoms with Gasteiger partial charge in [0.1, 0.15) is 6.61 Å². The van der Waals surface area contributed by atoms with Crippen LogP contribution < -0.4 is 4.74 Å². The van der Waals surface area contributed by atoms with E-state index in [4.69, 9.17) is 4.74 Å². The van der Waals surface area contributed by atoms with Gasteiger partial charge in [0.25, 0.3) is 0 Å². The lowest BCUT2D eigenvalue weighted by Gasteiger charge is -2.09. The third-order valence-electron chi connectivity index (χ3n) is 2.58. The molecule has 0 atom stereocenters. The summed E-state index contributed by atoms with van der Waals surface area (Å²) in [5.74, 6) is 0.568. The van der Waals surface area contributed by atoms with Gasteiger partial charge >= 0.3 is 0 Å². The summed E-state index contributed by atoms with van der Waals surface area (Å²) in [6.45, 7) is 6.35. The van der Waals surface area contributed by atoms with Crippen molar-refractivity contribution in [3.05, 3.63) is 53.7 Å². The Hall–Kier alpha value is -1.68. The van der Waals surface area contributed by atoms with Gasteiger partial charge in [-0.1, -0.05) is 30.9 Å². The van der Waals surface area contributed by atoms with E-state index in [1.165, 1.54) is 9.65 Å². The van der Waals surface area contributed by atoms with Crippen molar-refractivity contribution in [2.24, 2.45) is 0 Å². The molecule has 0 spiro atoms. The van der Waals surface area contributed by atoms with E-state index in [0.717, 1.165) is 11.1 Å². The van der Waals surface area contributed by atoms with E-state index in [-0.39, 0.29) is 0 Å². The molecule has 0 aliphatic carbocycles. The maximum atomic E-state index is 5.61. The first-order chi connectivity index (χ1) is 8.20. The highest BCUT2D eigenvalue weighted by Gasteiger charge is 2.05. The molecule has 0 aliphatic rings. The topological polar surface area (TPSA) is 27.1 Å². The van der Waals surface area contributed by atoms with Crippen LogP contribution in [0.15, 0.2) is 37.0 Å².